The topological polar surface area (TPSA) is 34.1 Å². The first kappa shape index (κ1) is 11.7. The van der Waals surface area contributed by atoms with E-state index in [0.29, 0.717) is 0 Å². The van der Waals surface area contributed by atoms with E-state index in [9.17, 15) is 0 Å². The van der Waals surface area contributed by atoms with Crippen molar-refractivity contribution < 1.29 is 4.74 Å². The molecule has 1 N–H and O–H groups in total. The predicted octanol–water partition coefficient (Wildman–Crippen LogP) is 3.49. The van der Waals surface area contributed by atoms with E-state index in [2.05, 4.69) is 44.4 Å². The highest BCUT2D eigenvalue weighted by Gasteiger charge is 2.10. The molecule has 0 bridgehead atoms. The smallest absolute Gasteiger partial charge is 0.106 e. The van der Waals surface area contributed by atoms with Gasteiger partial charge in [0.15, 0.2) is 0 Å². The Kier molecular flexibility index (Phi) is 3.30. The molecule has 1 aliphatic rings. The SMILES string of the molecule is Brc1cccc(CNc2ccc3c(c2)COC3)n1. The van der Waals surface area contributed by atoms with Crippen LogP contribution in [0.25, 0.3) is 0 Å². The monoisotopic (exact) mass is 304 g/mol. The zero-order chi connectivity index (χ0) is 12.4. The summed E-state index contributed by atoms with van der Waals surface area (Å²) in [6.45, 7) is 2.18. The van der Waals surface area contributed by atoms with Gasteiger partial charge in [0, 0.05) is 5.69 Å². The van der Waals surface area contributed by atoms with Gasteiger partial charge in [0.05, 0.1) is 25.5 Å². The molecule has 3 rings (SSSR count). The van der Waals surface area contributed by atoms with E-state index in [-0.39, 0.29) is 0 Å². The first-order valence-corrected chi connectivity index (χ1v) is 6.65. The van der Waals surface area contributed by atoms with Crippen molar-refractivity contribution in [3.8, 4) is 0 Å². The molecular formula is C14H13BrN2O. The maximum atomic E-state index is 5.40. The average molecular weight is 305 g/mol. The number of hydrogen-bond acceptors (Lipinski definition) is 3. The van der Waals surface area contributed by atoms with Gasteiger partial charge < -0.3 is 10.1 Å². The van der Waals surface area contributed by atoms with Crippen molar-refractivity contribution in [3.63, 3.8) is 0 Å². The maximum Gasteiger partial charge on any atom is 0.106 e. The third kappa shape index (κ3) is 2.54. The van der Waals surface area contributed by atoms with Crippen LogP contribution in [0.1, 0.15) is 16.8 Å². The highest BCUT2D eigenvalue weighted by molar-refractivity contribution is 9.10. The van der Waals surface area contributed by atoms with E-state index in [1.54, 1.807) is 0 Å². The molecule has 1 aromatic carbocycles. The minimum Gasteiger partial charge on any atom is -0.379 e. The van der Waals surface area contributed by atoms with Gasteiger partial charge in [-0.1, -0.05) is 12.1 Å². The van der Waals surface area contributed by atoms with E-state index in [0.717, 1.165) is 35.7 Å². The molecule has 2 aromatic rings. The van der Waals surface area contributed by atoms with Crippen LogP contribution in [-0.2, 0) is 24.5 Å². The quantitative estimate of drug-likeness (QED) is 0.882. The molecule has 0 saturated heterocycles. The Morgan fingerprint density at radius 1 is 1.17 bits per heavy atom. The van der Waals surface area contributed by atoms with Crippen LogP contribution in [0, 0.1) is 0 Å². The maximum absolute atomic E-state index is 5.40. The summed E-state index contributed by atoms with van der Waals surface area (Å²) in [4.78, 5) is 4.39. The fourth-order valence-corrected chi connectivity index (χ4v) is 2.40. The lowest BCUT2D eigenvalue weighted by molar-refractivity contribution is 0.134. The van der Waals surface area contributed by atoms with Crippen LogP contribution in [-0.4, -0.2) is 4.98 Å². The van der Waals surface area contributed by atoms with Gasteiger partial charge in [-0.25, -0.2) is 4.98 Å². The van der Waals surface area contributed by atoms with Gasteiger partial charge in [0.2, 0.25) is 0 Å². The molecule has 0 fully saturated rings. The average Bonchev–Trinajstić information content (AvgIpc) is 2.84. The lowest BCUT2D eigenvalue weighted by atomic mass is 10.1. The highest BCUT2D eigenvalue weighted by Crippen LogP contribution is 2.23. The van der Waals surface area contributed by atoms with Crippen molar-refractivity contribution >= 4 is 21.6 Å². The molecule has 1 aromatic heterocycles. The van der Waals surface area contributed by atoms with Gasteiger partial charge in [-0.2, -0.15) is 0 Å². The molecule has 18 heavy (non-hydrogen) atoms. The molecule has 0 spiro atoms. The van der Waals surface area contributed by atoms with Crippen LogP contribution < -0.4 is 5.32 Å². The van der Waals surface area contributed by atoms with Crippen LogP contribution in [0.3, 0.4) is 0 Å². The number of halogens is 1. The Morgan fingerprint density at radius 3 is 2.94 bits per heavy atom. The molecule has 0 amide bonds. The van der Waals surface area contributed by atoms with E-state index >= 15 is 0 Å². The van der Waals surface area contributed by atoms with Crippen molar-refractivity contribution in [2.75, 3.05) is 5.32 Å². The number of nitrogens with one attached hydrogen (secondary N) is 1. The van der Waals surface area contributed by atoms with Gasteiger partial charge in [-0.15, -0.1) is 0 Å². The number of benzene rings is 1. The Bertz CT molecular complexity index is 571. The van der Waals surface area contributed by atoms with Crippen LogP contribution >= 0.6 is 15.9 Å². The minimum atomic E-state index is 0.721. The number of aromatic nitrogens is 1. The zero-order valence-electron chi connectivity index (χ0n) is 9.82. The van der Waals surface area contributed by atoms with Crippen LogP contribution in [0.2, 0.25) is 0 Å². The van der Waals surface area contributed by atoms with E-state index in [4.69, 9.17) is 4.74 Å². The summed E-state index contributed by atoms with van der Waals surface area (Å²) in [5, 5.41) is 3.38. The Morgan fingerprint density at radius 2 is 2.06 bits per heavy atom. The molecule has 3 nitrogen and oxygen atoms in total. The summed E-state index contributed by atoms with van der Waals surface area (Å²) in [6.07, 6.45) is 0. The third-order valence-electron chi connectivity index (χ3n) is 2.97. The van der Waals surface area contributed by atoms with Crippen molar-refractivity contribution in [1.29, 1.82) is 0 Å². The van der Waals surface area contributed by atoms with E-state index in [1.807, 2.05) is 18.2 Å². The van der Waals surface area contributed by atoms with Gasteiger partial charge in [0.1, 0.15) is 4.60 Å². The predicted molar refractivity (Wildman–Crippen MR) is 74.2 cm³/mol. The summed E-state index contributed by atoms with van der Waals surface area (Å²) in [7, 11) is 0. The largest absolute Gasteiger partial charge is 0.379 e. The van der Waals surface area contributed by atoms with Crippen molar-refractivity contribution in [2.45, 2.75) is 19.8 Å². The number of rotatable bonds is 3. The summed E-state index contributed by atoms with van der Waals surface area (Å²) in [5.41, 5.74) is 4.70. The lowest BCUT2D eigenvalue weighted by Crippen LogP contribution is -2.02. The van der Waals surface area contributed by atoms with Gasteiger partial charge in [-0.3, -0.25) is 0 Å². The summed E-state index contributed by atoms with van der Waals surface area (Å²) < 4.78 is 6.27. The molecular weight excluding hydrogens is 292 g/mol. The Labute approximate surface area is 114 Å². The fraction of sp³-hybridized carbons (Fsp3) is 0.214. The molecule has 1 aliphatic heterocycles. The molecule has 0 radical (unpaired) electrons. The highest BCUT2D eigenvalue weighted by atomic mass is 79.9. The van der Waals surface area contributed by atoms with E-state index < -0.39 is 0 Å². The Hall–Kier alpha value is -1.39. The molecule has 0 unspecified atom stereocenters. The second-order valence-electron chi connectivity index (χ2n) is 4.28. The minimum absolute atomic E-state index is 0.721. The molecule has 2 heterocycles. The number of pyridine rings is 1. The van der Waals surface area contributed by atoms with Crippen molar-refractivity contribution in [1.82, 2.24) is 4.98 Å². The third-order valence-corrected chi connectivity index (χ3v) is 3.41. The van der Waals surface area contributed by atoms with Crippen LogP contribution in [0.4, 0.5) is 5.69 Å². The van der Waals surface area contributed by atoms with Gasteiger partial charge >= 0.3 is 0 Å². The van der Waals surface area contributed by atoms with Crippen molar-refractivity contribution in [2.24, 2.45) is 0 Å². The molecule has 0 aliphatic carbocycles. The molecule has 4 heteroatoms. The standard InChI is InChI=1S/C14H13BrN2O/c15-14-3-1-2-13(17-14)7-16-12-5-4-10-8-18-9-11(10)6-12/h1-6,16H,7-9H2. The number of anilines is 1. The zero-order valence-corrected chi connectivity index (χ0v) is 11.4. The van der Waals surface area contributed by atoms with Gasteiger partial charge in [0.25, 0.3) is 0 Å². The summed E-state index contributed by atoms with van der Waals surface area (Å²) >= 11 is 3.37. The summed E-state index contributed by atoms with van der Waals surface area (Å²) in [6, 6.07) is 12.3. The molecule has 0 atom stereocenters. The second-order valence-corrected chi connectivity index (χ2v) is 5.09. The molecule has 92 valence electrons. The fourth-order valence-electron chi connectivity index (χ4n) is 2.02. The number of nitrogens with zero attached hydrogens (tertiary/aromatic N) is 1. The van der Waals surface area contributed by atoms with Crippen LogP contribution in [0.5, 0.6) is 0 Å². The normalized spacial score (nSPS) is 13.4. The van der Waals surface area contributed by atoms with Crippen molar-refractivity contribution in [3.05, 3.63) is 57.8 Å². The summed E-state index contributed by atoms with van der Waals surface area (Å²) in [5.74, 6) is 0. The number of hydrogen-bond donors (Lipinski definition) is 1. The lowest BCUT2D eigenvalue weighted by Gasteiger charge is -2.07. The second kappa shape index (κ2) is 5.08. The van der Waals surface area contributed by atoms with Gasteiger partial charge in [-0.05, 0) is 51.3 Å². The number of fused-ring (bicyclic) bond motifs is 1. The first-order chi connectivity index (χ1) is 8.81. The van der Waals surface area contributed by atoms with Crippen LogP contribution in [0.15, 0.2) is 41.0 Å². The number of ether oxygens (including phenoxy) is 1. The van der Waals surface area contributed by atoms with E-state index in [1.165, 1.54) is 11.1 Å². The Balaban J connectivity index is 1.70. The first-order valence-electron chi connectivity index (χ1n) is 5.86. The molecule has 0 saturated carbocycles.